The molecule has 4 nitrogen and oxygen atoms in total. The van der Waals surface area contributed by atoms with Crippen molar-refractivity contribution in [3.05, 3.63) is 72.3 Å². The molecular formula is C17H15N3O. The molecule has 4 heteroatoms. The van der Waals surface area contributed by atoms with Gasteiger partial charge in [-0.25, -0.2) is 9.67 Å². The number of aryl methyl sites for hydroxylation is 1. The van der Waals surface area contributed by atoms with Crippen molar-refractivity contribution in [2.75, 3.05) is 0 Å². The normalized spacial score (nSPS) is 10.5. The maximum absolute atomic E-state index is 12.1. The second-order valence-electron chi connectivity index (χ2n) is 4.96. The Morgan fingerprint density at radius 2 is 1.62 bits per heavy atom. The fourth-order valence-electron chi connectivity index (χ4n) is 2.15. The van der Waals surface area contributed by atoms with E-state index in [1.165, 1.54) is 16.6 Å². The number of aromatic nitrogens is 3. The van der Waals surface area contributed by atoms with Gasteiger partial charge in [0.1, 0.15) is 19.2 Å². The first-order chi connectivity index (χ1) is 10.2. The van der Waals surface area contributed by atoms with E-state index >= 15 is 0 Å². The van der Waals surface area contributed by atoms with E-state index < -0.39 is 0 Å². The molecule has 0 saturated heterocycles. The van der Waals surface area contributed by atoms with Gasteiger partial charge >= 0.3 is 0 Å². The Morgan fingerprint density at radius 3 is 2.19 bits per heavy atom. The molecule has 0 amide bonds. The average Bonchev–Trinajstić information content (AvgIpc) is 3.01. The van der Waals surface area contributed by atoms with E-state index in [0.29, 0.717) is 5.56 Å². The number of nitrogens with zero attached hydrogens (tertiary/aromatic N) is 3. The molecule has 0 aliphatic heterocycles. The maximum atomic E-state index is 12.1. The molecule has 104 valence electrons. The molecule has 3 aromatic rings. The SMILES string of the molecule is Cc1ccc(-c2ccc(C(=O)Cn3cncn3)cc2)cc1. The molecule has 0 bridgehead atoms. The molecule has 0 N–H and O–H groups in total. The number of hydrogen-bond acceptors (Lipinski definition) is 3. The number of benzene rings is 2. The molecule has 0 spiro atoms. The third-order valence-corrected chi connectivity index (χ3v) is 3.36. The van der Waals surface area contributed by atoms with E-state index in [2.05, 4.69) is 41.3 Å². The van der Waals surface area contributed by atoms with Crippen LogP contribution in [0.25, 0.3) is 11.1 Å². The molecule has 0 radical (unpaired) electrons. The van der Waals surface area contributed by atoms with Crippen LogP contribution in [0.3, 0.4) is 0 Å². The highest BCUT2D eigenvalue weighted by atomic mass is 16.1. The summed E-state index contributed by atoms with van der Waals surface area (Å²) in [6.45, 7) is 2.28. The lowest BCUT2D eigenvalue weighted by Gasteiger charge is -2.05. The molecule has 1 heterocycles. The Balaban J connectivity index is 1.77. The first kappa shape index (κ1) is 13.2. The predicted octanol–water partition coefficient (Wildman–Crippen LogP) is 3.14. The lowest BCUT2D eigenvalue weighted by molar-refractivity contribution is 0.0967. The summed E-state index contributed by atoms with van der Waals surface area (Å²) >= 11 is 0. The van der Waals surface area contributed by atoms with E-state index in [-0.39, 0.29) is 12.3 Å². The van der Waals surface area contributed by atoms with Crippen molar-refractivity contribution >= 4 is 5.78 Å². The van der Waals surface area contributed by atoms with Gasteiger partial charge in [-0.1, -0.05) is 54.1 Å². The highest BCUT2D eigenvalue weighted by Crippen LogP contribution is 2.20. The van der Waals surface area contributed by atoms with Crippen molar-refractivity contribution in [1.29, 1.82) is 0 Å². The van der Waals surface area contributed by atoms with Crippen LogP contribution in [0.15, 0.2) is 61.2 Å². The van der Waals surface area contributed by atoms with Gasteiger partial charge in [-0.2, -0.15) is 5.10 Å². The zero-order valence-corrected chi connectivity index (χ0v) is 11.7. The van der Waals surface area contributed by atoms with Crippen LogP contribution in [0.4, 0.5) is 0 Å². The summed E-state index contributed by atoms with van der Waals surface area (Å²) in [5, 5.41) is 3.94. The third kappa shape index (κ3) is 3.05. The molecule has 0 atom stereocenters. The van der Waals surface area contributed by atoms with Gasteiger partial charge in [0.25, 0.3) is 0 Å². The van der Waals surface area contributed by atoms with Gasteiger partial charge in [-0.3, -0.25) is 4.79 Å². The number of carbonyl (C=O) groups is 1. The molecule has 0 unspecified atom stereocenters. The first-order valence-corrected chi connectivity index (χ1v) is 6.75. The number of carbonyl (C=O) groups excluding carboxylic acids is 1. The summed E-state index contributed by atoms with van der Waals surface area (Å²) < 4.78 is 1.52. The second kappa shape index (κ2) is 5.71. The largest absolute Gasteiger partial charge is 0.292 e. The fourth-order valence-corrected chi connectivity index (χ4v) is 2.15. The lowest BCUT2D eigenvalue weighted by Crippen LogP contribution is -2.10. The minimum Gasteiger partial charge on any atom is -0.292 e. The fraction of sp³-hybridized carbons (Fsp3) is 0.118. The Hall–Kier alpha value is -2.75. The lowest BCUT2D eigenvalue weighted by atomic mass is 10.0. The van der Waals surface area contributed by atoms with Crippen molar-refractivity contribution in [1.82, 2.24) is 14.8 Å². The molecule has 21 heavy (non-hydrogen) atoms. The summed E-state index contributed by atoms with van der Waals surface area (Å²) in [5.41, 5.74) is 4.17. The first-order valence-electron chi connectivity index (χ1n) is 6.75. The van der Waals surface area contributed by atoms with Gasteiger partial charge < -0.3 is 0 Å². The quantitative estimate of drug-likeness (QED) is 0.688. The Labute approximate surface area is 123 Å². The zero-order chi connectivity index (χ0) is 14.7. The monoisotopic (exact) mass is 277 g/mol. The molecule has 0 saturated carbocycles. The standard InChI is InChI=1S/C17H15N3O/c1-13-2-4-14(5-3-13)15-6-8-16(9-7-15)17(21)10-20-12-18-11-19-20/h2-9,11-12H,10H2,1H3. The molecule has 0 fully saturated rings. The summed E-state index contributed by atoms with van der Waals surface area (Å²) in [7, 11) is 0. The number of hydrogen-bond donors (Lipinski definition) is 0. The van der Waals surface area contributed by atoms with Gasteiger partial charge in [0.15, 0.2) is 5.78 Å². The molecule has 0 aliphatic rings. The second-order valence-corrected chi connectivity index (χ2v) is 4.96. The third-order valence-electron chi connectivity index (χ3n) is 3.36. The number of rotatable bonds is 4. The molecular weight excluding hydrogens is 262 g/mol. The summed E-state index contributed by atoms with van der Waals surface area (Å²) in [4.78, 5) is 15.9. The average molecular weight is 277 g/mol. The Bertz CT molecular complexity index is 729. The van der Waals surface area contributed by atoms with Crippen LogP contribution in [0, 0.1) is 6.92 Å². The Morgan fingerprint density at radius 1 is 1.00 bits per heavy atom. The van der Waals surface area contributed by atoms with E-state index in [0.717, 1.165) is 11.1 Å². The van der Waals surface area contributed by atoms with E-state index in [1.54, 1.807) is 6.33 Å². The molecule has 2 aromatic carbocycles. The van der Waals surface area contributed by atoms with E-state index in [9.17, 15) is 4.79 Å². The van der Waals surface area contributed by atoms with Crippen molar-refractivity contribution in [3.8, 4) is 11.1 Å². The molecule has 3 rings (SSSR count). The van der Waals surface area contributed by atoms with Gasteiger partial charge in [0.05, 0.1) is 0 Å². The van der Waals surface area contributed by atoms with Crippen molar-refractivity contribution in [2.45, 2.75) is 13.5 Å². The minimum absolute atomic E-state index is 0.0240. The number of ketones is 1. The van der Waals surface area contributed by atoms with Crippen molar-refractivity contribution < 1.29 is 4.79 Å². The van der Waals surface area contributed by atoms with E-state index in [4.69, 9.17) is 0 Å². The minimum atomic E-state index is 0.0240. The zero-order valence-electron chi connectivity index (χ0n) is 11.7. The Kier molecular flexibility index (Phi) is 3.60. The smallest absolute Gasteiger partial charge is 0.184 e. The van der Waals surface area contributed by atoms with Gasteiger partial charge in [-0.05, 0) is 18.1 Å². The molecule has 1 aromatic heterocycles. The summed E-state index contributed by atoms with van der Waals surface area (Å²) in [6, 6.07) is 16.0. The summed E-state index contributed by atoms with van der Waals surface area (Å²) in [5.74, 6) is 0.0240. The van der Waals surface area contributed by atoms with Gasteiger partial charge in [0.2, 0.25) is 0 Å². The highest BCUT2D eigenvalue weighted by Gasteiger charge is 2.07. The predicted molar refractivity (Wildman–Crippen MR) is 81.0 cm³/mol. The van der Waals surface area contributed by atoms with Crippen LogP contribution in [-0.4, -0.2) is 20.5 Å². The van der Waals surface area contributed by atoms with Gasteiger partial charge in [-0.15, -0.1) is 0 Å². The summed E-state index contributed by atoms with van der Waals surface area (Å²) in [6.07, 6.45) is 2.96. The topological polar surface area (TPSA) is 47.8 Å². The number of Topliss-reactive ketones (excluding diaryl/α,β-unsaturated/α-hetero) is 1. The van der Waals surface area contributed by atoms with Crippen LogP contribution < -0.4 is 0 Å². The van der Waals surface area contributed by atoms with Crippen LogP contribution in [0.5, 0.6) is 0 Å². The highest BCUT2D eigenvalue weighted by molar-refractivity contribution is 5.96. The van der Waals surface area contributed by atoms with E-state index in [1.807, 2.05) is 24.3 Å². The van der Waals surface area contributed by atoms with Gasteiger partial charge in [0, 0.05) is 5.56 Å². The maximum Gasteiger partial charge on any atom is 0.184 e. The molecule has 0 aliphatic carbocycles. The van der Waals surface area contributed by atoms with Crippen molar-refractivity contribution in [2.24, 2.45) is 0 Å². The van der Waals surface area contributed by atoms with Crippen LogP contribution >= 0.6 is 0 Å². The van der Waals surface area contributed by atoms with Crippen LogP contribution in [0.2, 0.25) is 0 Å². The van der Waals surface area contributed by atoms with Crippen molar-refractivity contribution in [3.63, 3.8) is 0 Å². The van der Waals surface area contributed by atoms with Crippen LogP contribution in [0.1, 0.15) is 15.9 Å². The van der Waals surface area contributed by atoms with Crippen LogP contribution in [-0.2, 0) is 6.54 Å².